The first-order chi connectivity index (χ1) is 11.8. The summed E-state index contributed by atoms with van der Waals surface area (Å²) < 4.78 is 34.4. The molecule has 2 atom stereocenters. The van der Waals surface area contributed by atoms with Crippen LogP contribution in [0.4, 0.5) is 10.5 Å². The van der Waals surface area contributed by atoms with E-state index >= 15 is 0 Å². The third-order valence-electron chi connectivity index (χ3n) is 5.17. The minimum absolute atomic E-state index is 0.0323. The van der Waals surface area contributed by atoms with Crippen LogP contribution in [-0.4, -0.2) is 57.2 Å². The summed E-state index contributed by atoms with van der Waals surface area (Å²) in [6, 6.07) is 5.01. The Hall–Kier alpha value is -1.96. The van der Waals surface area contributed by atoms with Gasteiger partial charge in [0.15, 0.2) is 11.5 Å². The monoisotopic (exact) mass is 368 g/mol. The van der Waals surface area contributed by atoms with Crippen molar-refractivity contribution in [1.82, 2.24) is 4.90 Å². The first-order valence-electron chi connectivity index (χ1n) is 8.34. The summed E-state index contributed by atoms with van der Waals surface area (Å²) in [6.45, 7) is 0. The van der Waals surface area contributed by atoms with Crippen LogP contribution in [0.1, 0.15) is 25.7 Å². The van der Waals surface area contributed by atoms with Crippen molar-refractivity contribution >= 4 is 21.6 Å². The summed E-state index contributed by atoms with van der Waals surface area (Å²) in [4.78, 5) is 14.6. The van der Waals surface area contributed by atoms with Gasteiger partial charge in [-0.15, -0.1) is 0 Å². The third kappa shape index (κ3) is 3.40. The second-order valence-electron chi connectivity index (χ2n) is 6.69. The third-order valence-corrected chi connectivity index (χ3v) is 6.77. The molecule has 2 aliphatic rings. The van der Waals surface area contributed by atoms with Crippen molar-refractivity contribution in [3.05, 3.63) is 18.2 Å². The van der Waals surface area contributed by atoms with Crippen molar-refractivity contribution < 1.29 is 22.7 Å². The summed E-state index contributed by atoms with van der Waals surface area (Å²) in [7, 11) is -0.0104. The average Bonchev–Trinajstić information content (AvgIpc) is 2.83. The number of sulfone groups is 1. The van der Waals surface area contributed by atoms with E-state index in [2.05, 4.69) is 5.32 Å². The molecule has 0 saturated carbocycles. The van der Waals surface area contributed by atoms with E-state index in [9.17, 15) is 13.2 Å². The minimum atomic E-state index is -3.07. The highest BCUT2D eigenvalue weighted by atomic mass is 32.2. The lowest BCUT2D eigenvalue weighted by molar-refractivity contribution is 0.160. The van der Waals surface area contributed by atoms with E-state index in [1.807, 2.05) is 0 Å². The molecule has 2 amide bonds. The van der Waals surface area contributed by atoms with E-state index < -0.39 is 9.84 Å². The molecule has 138 valence electrons. The molecule has 2 unspecified atom stereocenters. The standard InChI is InChI=1S/C17H24N2O5S/c1-23-15-6-4-5-14(16(15)24-2)18-17(20)19-11-7-8-12(19)10-13(9-11)25(3,21)22/h4-6,11-13H,7-10H2,1-3H3,(H,18,20). The Labute approximate surface area is 148 Å². The summed E-state index contributed by atoms with van der Waals surface area (Å²) in [6.07, 6.45) is 4.00. The molecular formula is C17H24N2O5S. The van der Waals surface area contributed by atoms with Crippen LogP contribution in [0, 0.1) is 0 Å². The largest absolute Gasteiger partial charge is 0.493 e. The zero-order valence-corrected chi connectivity index (χ0v) is 15.5. The molecule has 1 aromatic rings. The lowest BCUT2D eigenvalue weighted by Crippen LogP contribution is -2.51. The van der Waals surface area contributed by atoms with Gasteiger partial charge in [0.05, 0.1) is 25.2 Å². The van der Waals surface area contributed by atoms with Gasteiger partial charge in [0.2, 0.25) is 0 Å². The van der Waals surface area contributed by atoms with Crippen LogP contribution < -0.4 is 14.8 Å². The first kappa shape index (κ1) is 17.8. The molecule has 0 spiro atoms. The number of amides is 2. The van der Waals surface area contributed by atoms with Gasteiger partial charge in [0.1, 0.15) is 9.84 Å². The Kier molecular flexibility index (Phi) is 4.81. The highest BCUT2D eigenvalue weighted by molar-refractivity contribution is 7.91. The van der Waals surface area contributed by atoms with Crippen LogP contribution in [0.15, 0.2) is 18.2 Å². The van der Waals surface area contributed by atoms with Crippen molar-refractivity contribution in [2.75, 3.05) is 25.8 Å². The van der Waals surface area contributed by atoms with Gasteiger partial charge in [-0.05, 0) is 37.8 Å². The van der Waals surface area contributed by atoms with Gasteiger partial charge in [0.25, 0.3) is 0 Å². The summed E-state index contributed by atoms with van der Waals surface area (Å²) in [5.41, 5.74) is 0.538. The van der Waals surface area contributed by atoms with Crippen LogP contribution in [0.2, 0.25) is 0 Å². The molecule has 8 heteroatoms. The second-order valence-corrected chi connectivity index (χ2v) is 9.01. The zero-order valence-electron chi connectivity index (χ0n) is 14.7. The van der Waals surface area contributed by atoms with Crippen LogP contribution in [0.3, 0.4) is 0 Å². The number of carbonyl (C=O) groups excluding carboxylic acids is 1. The Morgan fingerprint density at radius 2 is 1.80 bits per heavy atom. The SMILES string of the molecule is COc1cccc(NC(=O)N2C3CCC2CC(S(C)(=O)=O)C3)c1OC. The number of hydrogen-bond acceptors (Lipinski definition) is 5. The van der Waals surface area contributed by atoms with Gasteiger partial charge < -0.3 is 19.7 Å². The lowest BCUT2D eigenvalue weighted by Gasteiger charge is -2.38. The molecule has 1 aromatic carbocycles. The minimum Gasteiger partial charge on any atom is -0.493 e. The molecule has 2 saturated heterocycles. The molecule has 2 aliphatic heterocycles. The highest BCUT2D eigenvalue weighted by Crippen LogP contribution is 2.40. The predicted molar refractivity (Wildman–Crippen MR) is 95.1 cm³/mol. The second kappa shape index (κ2) is 6.74. The van der Waals surface area contributed by atoms with Crippen molar-refractivity contribution in [1.29, 1.82) is 0 Å². The molecule has 0 aliphatic carbocycles. The number of methoxy groups -OCH3 is 2. The van der Waals surface area contributed by atoms with E-state index in [0.717, 1.165) is 12.8 Å². The van der Waals surface area contributed by atoms with Crippen LogP contribution in [0.5, 0.6) is 11.5 Å². The summed E-state index contributed by atoms with van der Waals surface area (Å²) in [5.74, 6) is 1.01. The van der Waals surface area contributed by atoms with E-state index in [1.54, 1.807) is 30.2 Å². The number of nitrogens with zero attached hydrogens (tertiary/aromatic N) is 1. The Bertz CT molecular complexity index is 750. The number of carbonyl (C=O) groups is 1. The number of nitrogens with one attached hydrogen (secondary N) is 1. The van der Waals surface area contributed by atoms with Crippen molar-refractivity contribution in [3.8, 4) is 11.5 Å². The molecule has 2 fully saturated rings. The number of para-hydroxylation sites is 1. The van der Waals surface area contributed by atoms with Crippen molar-refractivity contribution in [2.45, 2.75) is 43.0 Å². The van der Waals surface area contributed by atoms with Gasteiger partial charge in [-0.1, -0.05) is 6.07 Å². The van der Waals surface area contributed by atoms with Gasteiger partial charge in [-0.25, -0.2) is 13.2 Å². The fourth-order valence-corrected chi connectivity index (χ4v) is 5.12. The zero-order chi connectivity index (χ0) is 18.2. The maximum atomic E-state index is 12.8. The smallest absolute Gasteiger partial charge is 0.322 e. The molecular weight excluding hydrogens is 344 g/mol. The molecule has 7 nitrogen and oxygen atoms in total. The fourth-order valence-electron chi connectivity index (χ4n) is 3.97. The molecule has 2 heterocycles. The number of ether oxygens (including phenoxy) is 2. The molecule has 0 aromatic heterocycles. The fraction of sp³-hybridized carbons (Fsp3) is 0.588. The van der Waals surface area contributed by atoms with Crippen molar-refractivity contribution in [3.63, 3.8) is 0 Å². The number of benzene rings is 1. The predicted octanol–water partition coefficient (Wildman–Crippen LogP) is 2.28. The van der Waals surface area contributed by atoms with Crippen LogP contribution in [0.25, 0.3) is 0 Å². The quantitative estimate of drug-likeness (QED) is 0.881. The van der Waals surface area contributed by atoms with Gasteiger partial charge >= 0.3 is 6.03 Å². The molecule has 3 rings (SSSR count). The number of rotatable bonds is 4. The number of fused-ring (bicyclic) bond motifs is 2. The number of anilines is 1. The van der Waals surface area contributed by atoms with E-state index in [0.29, 0.717) is 30.0 Å². The van der Waals surface area contributed by atoms with E-state index in [-0.39, 0.29) is 23.4 Å². The molecule has 1 N–H and O–H groups in total. The maximum Gasteiger partial charge on any atom is 0.322 e. The number of piperidine rings is 1. The van der Waals surface area contributed by atoms with Gasteiger partial charge in [0, 0.05) is 18.3 Å². The lowest BCUT2D eigenvalue weighted by atomic mass is 10.0. The van der Waals surface area contributed by atoms with Gasteiger partial charge in [-0.2, -0.15) is 0 Å². The highest BCUT2D eigenvalue weighted by Gasteiger charge is 2.46. The first-order valence-corrected chi connectivity index (χ1v) is 10.3. The summed E-state index contributed by atoms with van der Waals surface area (Å²) in [5, 5.41) is 2.55. The van der Waals surface area contributed by atoms with E-state index in [4.69, 9.17) is 9.47 Å². The van der Waals surface area contributed by atoms with E-state index in [1.165, 1.54) is 13.4 Å². The Morgan fingerprint density at radius 1 is 1.16 bits per heavy atom. The van der Waals surface area contributed by atoms with Gasteiger partial charge in [-0.3, -0.25) is 0 Å². The molecule has 2 bridgehead atoms. The Morgan fingerprint density at radius 3 is 2.32 bits per heavy atom. The number of urea groups is 1. The maximum absolute atomic E-state index is 12.8. The van der Waals surface area contributed by atoms with Crippen LogP contribution >= 0.6 is 0 Å². The molecule has 25 heavy (non-hydrogen) atoms. The van der Waals surface area contributed by atoms with Crippen LogP contribution in [-0.2, 0) is 9.84 Å². The molecule has 0 radical (unpaired) electrons. The average molecular weight is 368 g/mol. The summed E-state index contributed by atoms with van der Waals surface area (Å²) >= 11 is 0. The van der Waals surface area contributed by atoms with Crippen molar-refractivity contribution in [2.24, 2.45) is 0 Å². The normalized spacial score (nSPS) is 25.6. The Balaban J connectivity index is 1.78. The topological polar surface area (TPSA) is 84.9 Å². The number of hydrogen-bond donors (Lipinski definition) is 1.